The van der Waals surface area contributed by atoms with E-state index in [1.165, 1.54) is 23.5 Å². The quantitative estimate of drug-likeness (QED) is 0.705. The van der Waals surface area contributed by atoms with E-state index in [1.807, 2.05) is 6.26 Å². The Morgan fingerprint density at radius 3 is 2.92 bits per heavy atom. The van der Waals surface area contributed by atoms with Gasteiger partial charge in [-0.05, 0) is 12.7 Å². The molecule has 1 saturated heterocycles. The SMILES string of the molecule is CSCC(=O)N(C)[C@@H]1CCSC1=O. The van der Waals surface area contributed by atoms with Crippen LogP contribution in [0.5, 0.6) is 0 Å². The molecule has 1 heterocycles. The van der Waals surface area contributed by atoms with Crippen molar-refractivity contribution in [3.8, 4) is 0 Å². The van der Waals surface area contributed by atoms with Crippen LogP contribution in [0.25, 0.3) is 0 Å². The van der Waals surface area contributed by atoms with Crippen LogP contribution < -0.4 is 0 Å². The molecule has 13 heavy (non-hydrogen) atoms. The molecule has 0 aromatic rings. The zero-order valence-corrected chi connectivity index (χ0v) is 9.41. The third kappa shape index (κ3) is 2.64. The van der Waals surface area contributed by atoms with E-state index in [4.69, 9.17) is 0 Å². The zero-order valence-electron chi connectivity index (χ0n) is 7.78. The van der Waals surface area contributed by atoms with E-state index in [9.17, 15) is 9.59 Å². The second kappa shape index (κ2) is 4.91. The van der Waals surface area contributed by atoms with E-state index < -0.39 is 0 Å². The van der Waals surface area contributed by atoms with Gasteiger partial charge in [0, 0.05) is 12.8 Å². The molecule has 0 unspecified atom stereocenters. The third-order valence-corrected chi connectivity index (χ3v) is 3.57. The number of likely N-dealkylation sites (N-methyl/N-ethyl adjacent to an activating group) is 1. The van der Waals surface area contributed by atoms with Gasteiger partial charge in [-0.15, -0.1) is 0 Å². The molecule has 1 amide bonds. The van der Waals surface area contributed by atoms with Gasteiger partial charge in [0.15, 0.2) is 0 Å². The number of thioether (sulfide) groups is 2. The Balaban J connectivity index is 2.50. The third-order valence-electron chi connectivity index (χ3n) is 2.04. The van der Waals surface area contributed by atoms with Crippen molar-refractivity contribution in [1.29, 1.82) is 0 Å². The molecule has 0 radical (unpaired) electrons. The van der Waals surface area contributed by atoms with Crippen molar-refractivity contribution in [2.45, 2.75) is 12.5 Å². The van der Waals surface area contributed by atoms with Gasteiger partial charge in [0.1, 0.15) is 6.04 Å². The molecule has 0 spiro atoms. The van der Waals surface area contributed by atoms with Gasteiger partial charge in [-0.2, -0.15) is 11.8 Å². The van der Waals surface area contributed by atoms with Crippen LogP contribution in [0, 0.1) is 0 Å². The number of amides is 1. The zero-order chi connectivity index (χ0) is 9.84. The highest BCUT2D eigenvalue weighted by molar-refractivity contribution is 8.14. The Morgan fingerprint density at radius 2 is 2.46 bits per heavy atom. The van der Waals surface area contributed by atoms with Crippen LogP contribution in [0.3, 0.4) is 0 Å². The fourth-order valence-corrected chi connectivity index (χ4v) is 2.70. The summed E-state index contributed by atoms with van der Waals surface area (Å²) in [6.45, 7) is 0. The van der Waals surface area contributed by atoms with Gasteiger partial charge >= 0.3 is 0 Å². The molecule has 3 nitrogen and oxygen atoms in total. The molecular weight excluding hydrogens is 206 g/mol. The topological polar surface area (TPSA) is 37.4 Å². The van der Waals surface area contributed by atoms with Crippen LogP contribution >= 0.6 is 23.5 Å². The first-order valence-corrected chi connectivity index (χ1v) is 6.46. The number of hydrogen-bond donors (Lipinski definition) is 0. The maximum absolute atomic E-state index is 11.4. The maximum Gasteiger partial charge on any atom is 0.232 e. The predicted octanol–water partition coefficient (Wildman–Crippen LogP) is 0.840. The van der Waals surface area contributed by atoms with Gasteiger partial charge in [0.25, 0.3) is 0 Å². The van der Waals surface area contributed by atoms with Crippen LogP contribution in [0.4, 0.5) is 0 Å². The van der Waals surface area contributed by atoms with Crippen molar-refractivity contribution < 1.29 is 9.59 Å². The Kier molecular flexibility index (Phi) is 4.12. The van der Waals surface area contributed by atoms with E-state index in [0.717, 1.165) is 12.2 Å². The first kappa shape index (κ1) is 10.9. The molecule has 1 aliphatic rings. The fraction of sp³-hybridized carbons (Fsp3) is 0.750. The van der Waals surface area contributed by atoms with Crippen LogP contribution in [0.2, 0.25) is 0 Å². The molecule has 1 rings (SSSR count). The standard InChI is InChI=1S/C8H13NO2S2/c1-9(7(10)5-12-2)6-3-4-13-8(6)11/h6H,3-5H2,1-2H3/t6-/m1/s1. The van der Waals surface area contributed by atoms with Crippen molar-refractivity contribution in [2.24, 2.45) is 0 Å². The highest BCUT2D eigenvalue weighted by Gasteiger charge is 2.31. The first-order valence-electron chi connectivity index (χ1n) is 4.08. The molecule has 0 aromatic carbocycles. The maximum atomic E-state index is 11.4. The second-order valence-electron chi connectivity index (χ2n) is 2.91. The van der Waals surface area contributed by atoms with E-state index in [-0.39, 0.29) is 17.1 Å². The molecule has 0 aliphatic carbocycles. The number of hydrogen-bond acceptors (Lipinski definition) is 4. The lowest BCUT2D eigenvalue weighted by Gasteiger charge is -2.21. The summed E-state index contributed by atoms with van der Waals surface area (Å²) in [7, 11) is 1.72. The summed E-state index contributed by atoms with van der Waals surface area (Å²) in [6, 6.07) is -0.176. The van der Waals surface area contributed by atoms with Crippen LogP contribution in [0.15, 0.2) is 0 Å². The van der Waals surface area contributed by atoms with Crippen LogP contribution in [-0.4, -0.2) is 46.8 Å². The first-order chi connectivity index (χ1) is 6.16. The highest BCUT2D eigenvalue weighted by Crippen LogP contribution is 2.23. The summed E-state index contributed by atoms with van der Waals surface area (Å²) in [5, 5.41) is 0.136. The molecule has 5 heteroatoms. The van der Waals surface area contributed by atoms with Crippen molar-refractivity contribution in [3.05, 3.63) is 0 Å². The van der Waals surface area contributed by atoms with Crippen molar-refractivity contribution in [3.63, 3.8) is 0 Å². The smallest absolute Gasteiger partial charge is 0.232 e. The highest BCUT2D eigenvalue weighted by atomic mass is 32.2. The molecule has 1 aliphatic heterocycles. The van der Waals surface area contributed by atoms with Crippen LogP contribution in [-0.2, 0) is 9.59 Å². The summed E-state index contributed by atoms with van der Waals surface area (Å²) in [5.41, 5.74) is 0. The monoisotopic (exact) mass is 219 g/mol. The number of rotatable bonds is 3. The fourth-order valence-electron chi connectivity index (χ4n) is 1.24. The van der Waals surface area contributed by atoms with Crippen molar-refractivity contribution >= 4 is 34.5 Å². The lowest BCUT2D eigenvalue weighted by atomic mass is 10.2. The summed E-state index contributed by atoms with van der Waals surface area (Å²) in [6.07, 6.45) is 2.69. The molecule has 0 bridgehead atoms. The normalized spacial score (nSPS) is 22.0. The molecule has 0 aromatic heterocycles. The Labute approximate surface area is 86.6 Å². The van der Waals surface area contributed by atoms with E-state index in [1.54, 1.807) is 11.9 Å². The minimum atomic E-state index is -0.176. The lowest BCUT2D eigenvalue weighted by molar-refractivity contribution is -0.132. The molecule has 1 atom stereocenters. The van der Waals surface area contributed by atoms with E-state index in [2.05, 4.69) is 0 Å². The number of nitrogens with zero attached hydrogens (tertiary/aromatic N) is 1. The molecular formula is C8H13NO2S2. The van der Waals surface area contributed by atoms with Gasteiger partial charge in [0.2, 0.25) is 11.0 Å². The summed E-state index contributed by atoms with van der Waals surface area (Å²) < 4.78 is 0. The Hall–Kier alpha value is -0.160. The average molecular weight is 219 g/mol. The van der Waals surface area contributed by atoms with Gasteiger partial charge in [-0.25, -0.2) is 0 Å². The Bertz CT molecular complexity index is 220. The summed E-state index contributed by atoms with van der Waals surface area (Å²) >= 11 is 2.82. The van der Waals surface area contributed by atoms with Crippen molar-refractivity contribution in [2.75, 3.05) is 24.8 Å². The second-order valence-corrected chi connectivity index (χ2v) is 4.87. The van der Waals surface area contributed by atoms with Gasteiger partial charge < -0.3 is 4.90 Å². The largest absolute Gasteiger partial charge is 0.334 e. The van der Waals surface area contributed by atoms with Gasteiger partial charge in [-0.3, -0.25) is 9.59 Å². The molecule has 0 N–H and O–H groups in total. The average Bonchev–Trinajstić information content (AvgIpc) is 2.50. The summed E-state index contributed by atoms with van der Waals surface area (Å²) in [5.74, 6) is 1.36. The predicted molar refractivity (Wildman–Crippen MR) is 57.0 cm³/mol. The molecule has 0 saturated carbocycles. The minimum absolute atomic E-state index is 0.0494. The summed E-state index contributed by atoms with van der Waals surface area (Å²) in [4.78, 5) is 24.3. The molecule has 74 valence electrons. The lowest BCUT2D eigenvalue weighted by Crippen LogP contribution is -2.40. The van der Waals surface area contributed by atoms with Gasteiger partial charge in [-0.1, -0.05) is 11.8 Å². The number of carbonyl (C=O) groups excluding carboxylic acids is 2. The van der Waals surface area contributed by atoms with E-state index >= 15 is 0 Å². The van der Waals surface area contributed by atoms with E-state index in [0.29, 0.717) is 5.75 Å². The van der Waals surface area contributed by atoms with Crippen LogP contribution in [0.1, 0.15) is 6.42 Å². The molecule has 1 fully saturated rings. The number of carbonyl (C=O) groups is 2. The van der Waals surface area contributed by atoms with Gasteiger partial charge in [0.05, 0.1) is 5.75 Å². The van der Waals surface area contributed by atoms with Crippen molar-refractivity contribution in [1.82, 2.24) is 4.90 Å². The minimum Gasteiger partial charge on any atom is -0.334 e. The Morgan fingerprint density at radius 1 is 1.77 bits per heavy atom.